The predicted octanol–water partition coefficient (Wildman–Crippen LogP) is 2.09. The lowest BCUT2D eigenvalue weighted by Gasteiger charge is -2.27. The summed E-state index contributed by atoms with van der Waals surface area (Å²) < 4.78 is 0. The Morgan fingerprint density at radius 2 is 2.17 bits per heavy atom. The highest BCUT2D eigenvalue weighted by Crippen LogP contribution is 2.26. The molecule has 0 aliphatic heterocycles. The zero-order valence-electron chi connectivity index (χ0n) is 10.6. The van der Waals surface area contributed by atoms with Gasteiger partial charge in [0.25, 0.3) is 0 Å². The van der Waals surface area contributed by atoms with Crippen LogP contribution in [0.15, 0.2) is 12.4 Å². The van der Waals surface area contributed by atoms with Gasteiger partial charge in [-0.1, -0.05) is 13.3 Å². The zero-order valence-corrected chi connectivity index (χ0v) is 10.6. The molecule has 5 nitrogen and oxygen atoms in total. The predicted molar refractivity (Wildman–Crippen MR) is 68.4 cm³/mol. The molecule has 1 heterocycles. The third-order valence-electron chi connectivity index (χ3n) is 3.47. The topological polar surface area (TPSA) is 75.1 Å². The van der Waals surface area contributed by atoms with Gasteiger partial charge in [0.15, 0.2) is 0 Å². The third kappa shape index (κ3) is 3.18. The van der Waals surface area contributed by atoms with E-state index in [-0.39, 0.29) is 12.0 Å². The second kappa shape index (κ2) is 5.80. The molecule has 2 atom stereocenters. The van der Waals surface area contributed by atoms with Gasteiger partial charge in [-0.2, -0.15) is 0 Å². The molecule has 1 aromatic heterocycles. The molecule has 0 aromatic carbocycles. The number of nitrogens with one attached hydrogen (secondary N) is 1. The Balaban J connectivity index is 1.93. The van der Waals surface area contributed by atoms with Crippen LogP contribution in [0, 0.1) is 5.92 Å². The Bertz CT molecular complexity index is 405. The Labute approximate surface area is 107 Å². The van der Waals surface area contributed by atoms with Crippen LogP contribution in [0.4, 0.5) is 5.95 Å². The molecule has 1 aliphatic carbocycles. The van der Waals surface area contributed by atoms with E-state index in [0.29, 0.717) is 12.4 Å². The van der Waals surface area contributed by atoms with Gasteiger partial charge in [-0.25, -0.2) is 9.97 Å². The lowest BCUT2D eigenvalue weighted by atomic mass is 9.86. The number of aliphatic carboxylic acids is 1. The highest BCUT2D eigenvalue weighted by molar-refractivity contribution is 5.70. The fraction of sp³-hybridized carbons (Fsp3) is 0.615. The monoisotopic (exact) mass is 249 g/mol. The first-order valence-corrected chi connectivity index (χ1v) is 6.49. The van der Waals surface area contributed by atoms with E-state index in [0.717, 1.165) is 31.2 Å². The van der Waals surface area contributed by atoms with Crippen molar-refractivity contribution in [1.29, 1.82) is 0 Å². The molecular formula is C13H19N3O2. The number of aromatic nitrogens is 2. The van der Waals surface area contributed by atoms with E-state index < -0.39 is 5.97 Å². The molecule has 98 valence electrons. The molecule has 1 aromatic rings. The number of rotatable bonds is 4. The van der Waals surface area contributed by atoms with Gasteiger partial charge in [0.05, 0.1) is 5.92 Å². The summed E-state index contributed by atoms with van der Waals surface area (Å²) >= 11 is 0. The van der Waals surface area contributed by atoms with Gasteiger partial charge < -0.3 is 10.4 Å². The molecule has 0 saturated heterocycles. The summed E-state index contributed by atoms with van der Waals surface area (Å²) in [4.78, 5) is 19.5. The molecule has 0 unspecified atom stereocenters. The number of anilines is 1. The number of nitrogens with zero attached hydrogens (tertiary/aromatic N) is 2. The molecule has 0 bridgehead atoms. The smallest absolute Gasteiger partial charge is 0.306 e. The van der Waals surface area contributed by atoms with E-state index in [4.69, 9.17) is 5.11 Å². The van der Waals surface area contributed by atoms with E-state index in [2.05, 4.69) is 22.2 Å². The molecular weight excluding hydrogens is 230 g/mol. The van der Waals surface area contributed by atoms with Crippen molar-refractivity contribution in [3.05, 3.63) is 18.0 Å². The van der Waals surface area contributed by atoms with Crippen molar-refractivity contribution >= 4 is 11.9 Å². The molecule has 18 heavy (non-hydrogen) atoms. The molecule has 2 N–H and O–H groups in total. The standard InChI is InChI=1S/C13H19N3O2/c1-2-9-7-14-13(15-8-9)16-11-5-3-4-10(6-11)12(17)18/h7-8,10-11H,2-6H2,1H3,(H,17,18)(H,14,15,16)/t10-,11+/m0/s1. The van der Waals surface area contributed by atoms with Gasteiger partial charge in [-0.05, 0) is 31.2 Å². The zero-order chi connectivity index (χ0) is 13.0. The maximum absolute atomic E-state index is 11.0. The fourth-order valence-electron chi connectivity index (χ4n) is 2.34. The van der Waals surface area contributed by atoms with Crippen LogP contribution >= 0.6 is 0 Å². The van der Waals surface area contributed by atoms with Gasteiger partial charge >= 0.3 is 5.97 Å². The maximum atomic E-state index is 11.0. The second-order valence-electron chi connectivity index (χ2n) is 4.81. The van der Waals surface area contributed by atoms with E-state index in [1.54, 1.807) is 0 Å². The van der Waals surface area contributed by atoms with Crippen LogP contribution in [-0.2, 0) is 11.2 Å². The van der Waals surface area contributed by atoms with Crippen LogP contribution in [0.3, 0.4) is 0 Å². The van der Waals surface area contributed by atoms with Crippen LogP contribution in [0.1, 0.15) is 38.2 Å². The van der Waals surface area contributed by atoms with Crippen LogP contribution in [0.25, 0.3) is 0 Å². The number of hydrogen-bond donors (Lipinski definition) is 2. The minimum atomic E-state index is -0.691. The first kappa shape index (κ1) is 12.8. The lowest BCUT2D eigenvalue weighted by molar-refractivity contribution is -0.142. The number of carbonyl (C=O) groups is 1. The molecule has 2 rings (SSSR count). The van der Waals surface area contributed by atoms with Gasteiger partial charge in [0.1, 0.15) is 0 Å². The highest BCUT2D eigenvalue weighted by atomic mass is 16.4. The molecule has 1 fully saturated rings. The normalized spacial score (nSPS) is 23.6. The van der Waals surface area contributed by atoms with Crippen LogP contribution in [-0.4, -0.2) is 27.1 Å². The fourth-order valence-corrected chi connectivity index (χ4v) is 2.34. The van der Waals surface area contributed by atoms with Gasteiger partial charge in [-0.15, -0.1) is 0 Å². The molecule has 0 amide bonds. The lowest BCUT2D eigenvalue weighted by Crippen LogP contribution is -2.31. The van der Waals surface area contributed by atoms with E-state index in [9.17, 15) is 4.79 Å². The quantitative estimate of drug-likeness (QED) is 0.854. The van der Waals surface area contributed by atoms with Crippen LogP contribution < -0.4 is 5.32 Å². The molecule has 0 radical (unpaired) electrons. The average Bonchev–Trinajstić information content (AvgIpc) is 2.40. The van der Waals surface area contributed by atoms with Crippen LogP contribution in [0.5, 0.6) is 0 Å². The summed E-state index contributed by atoms with van der Waals surface area (Å²) in [5, 5.41) is 12.3. The first-order chi connectivity index (χ1) is 8.69. The minimum absolute atomic E-state index is 0.173. The van der Waals surface area contributed by atoms with Crippen molar-refractivity contribution in [2.75, 3.05) is 5.32 Å². The van der Waals surface area contributed by atoms with E-state index in [1.807, 2.05) is 12.4 Å². The molecule has 1 saturated carbocycles. The van der Waals surface area contributed by atoms with Crippen molar-refractivity contribution in [1.82, 2.24) is 9.97 Å². The van der Waals surface area contributed by atoms with Crippen molar-refractivity contribution < 1.29 is 9.90 Å². The summed E-state index contributed by atoms with van der Waals surface area (Å²) in [5.41, 5.74) is 1.10. The SMILES string of the molecule is CCc1cnc(N[C@@H]2CCC[C@H](C(=O)O)C2)nc1. The Morgan fingerprint density at radius 1 is 1.44 bits per heavy atom. The van der Waals surface area contributed by atoms with Crippen molar-refractivity contribution in [2.45, 2.75) is 45.1 Å². The number of hydrogen-bond acceptors (Lipinski definition) is 4. The second-order valence-corrected chi connectivity index (χ2v) is 4.81. The van der Waals surface area contributed by atoms with E-state index in [1.165, 1.54) is 0 Å². The van der Waals surface area contributed by atoms with E-state index >= 15 is 0 Å². The number of carboxylic acids is 1. The molecule has 1 aliphatic rings. The summed E-state index contributed by atoms with van der Waals surface area (Å²) in [6, 6.07) is 0.173. The third-order valence-corrected chi connectivity index (χ3v) is 3.47. The number of carboxylic acid groups (broad SMARTS) is 1. The van der Waals surface area contributed by atoms with Gasteiger partial charge in [0, 0.05) is 18.4 Å². The summed E-state index contributed by atoms with van der Waals surface area (Å²) in [5.74, 6) is -0.321. The van der Waals surface area contributed by atoms with Crippen LogP contribution in [0.2, 0.25) is 0 Å². The number of aryl methyl sites for hydroxylation is 1. The highest BCUT2D eigenvalue weighted by Gasteiger charge is 2.27. The van der Waals surface area contributed by atoms with Crippen molar-refractivity contribution in [3.8, 4) is 0 Å². The van der Waals surface area contributed by atoms with Crippen molar-refractivity contribution in [2.24, 2.45) is 5.92 Å². The largest absolute Gasteiger partial charge is 0.481 e. The van der Waals surface area contributed by atoms with Gasteiger partial charge in [-0.3, -0.25) is 4.79 Å². The average molecular weight is 249 g/mol. The summed E-state index contributed by atoms with van der Waals surface area (Å²) in [7, 11) is 0. The van der Waals surface area contributed by atoms with Gasteiger partial charge in [0.2, 0.25) is 5.95 Å². The Morgan fingerprint density at radius 3 is 2.78 bits per heavy atom. The minimum Gasteiger partial charge on any atom is -0.481 e. The summed E-state index contributed by atoms with van der Waals surface area (Å²) in [6.07, 6.45) is 7.92. The Hall–Kier alpha value is -1.65. The Kier molecular flexibility index (Phi) is 4.12. The maximum Gasteiger partial charge on any atom is 0.306 e. The van der Waals surface area contributed by atoms with Crippen molar-refractivity contribution in [3.63, 3.8) is 0 Å². The molecule has 5 heteroatoms. The summed E-state index contributed by atoms with van der Waals surface area (Å²) in [6.45, 7) is 2.06. The molecule has 0 spiro atoms. The first-order valence-electron chi connectivity index (χ1n) is 6.49.